The summed E-state index contributed by atoms with van der Waals surface area (Å²) in [5.41, 5.74) is 2.77. The molecule has 9 heteroatoms. The molecule has 0 unspecified atom stereocenters. The molecule has 1 aromatic carbocycles. The Bertz CT molecular complexity index is 1070. The van der Waals surface area contributed by atoms with Gasteiger partial charge < -0.3 is 9.30 Å². The number of aromatic nitrogens is 1. The van der Waals surface area contributed by atoms with E-state index in [9.17, 15) is 19.7 Å². The summed E-state index contributed by atoms with van der Waals surface area (Å²) in [5, 5.41) is 10.9. The van der Waals surface area contributed by atoms with Gasteiger partial charge in [0.1, 0.15) is 5.75 Å². The Balaban J connectivity index is 2.08. The molecule has 3 rings (SSSR count). The average molecular weight is 413 g/mol. The van der Waals surface area contributed by atoms with Gasteiger partial charge in [-0.05, 0) is 49.4 Å². The van der Waals surface area contributed by atoms with E-state index in [0.29, 0.717) is 16.3 Å². The highest BCUT2D eigenvalue weighted by Crippen LogP contribution is 2.35. The van der Waals surface area contributed by atoms with Crippen LogP contribution in [0.4, 0.5) is 10.5 Å². The number of benzene rings is 1. The first-order valence-corrected chi connectivity index (χ1v) is 9.48. The number of non-ortho nitro benzene ring substituents is 1. The number of ether oxygens (including phenoxy) is 1. The molecule has 2 heterocycles. The van der Waals surface area contributed by atoms with Crippen LogP contribution in [0.15, 0.2) is 41.8 Å². The molecule has 0 atom stereocenters. The molecule has 0 aliphatic carbocycles. The lowest BCUT2D eigenvalue weighted by molar-refractivity contribution is -0.384. The summed E-state index contributed by atoms with van der Waals surface area (Å²) < 4.78 is 7.21. The molecule has 1 aromatic heterocycles. The summed E-state index contributed by atoms with van der Waals surface area (Å²) in [7, 11) is 1.50. The summed E-state index contributed by atoms with van der Waals surface area (Å²) in [6, 6.07) is 6.23. The predicted octanol–water partition coefficient (Wildman–Crippen LogP) is 4.23. The number of nitrogens with zero attached hydrogens (tertiary/aromatic N) is 3. The molecule has 0 N–H and O–H groups in total. The second kappa shape index (κ2) is 7.96. The van der Waals surface area contributed by atoms with Gasteiger partial charge in [-0.1, -0.05) is 6.08 Å². The molecule has 1 aliphatic heterocycles. The van der Waals surface area contributed by atoms with Crippen molar-refractivity contribution in [2.75, 3.05) is 13.7 Å². The van der Waals surface area contributed by atoms with Gasteiger partial charge in [-0.2, -0.15) is 0 Å². The topological polar surface area (TPSA) is 94.7 Å². The molecule has 2 amide bonds. The van der Waals surface area contributed by atoms with Gasteiger partial charge >= 0.3 is 0 Å². The smallest absolute Gasteiger partial charge is 0.293 e. The van der Waals surface area contributed by atoms with E-state index in [1.807, 2.05) is 24.5 Å². The van der Waals surface area contributed by atoms with Crippen LogP contribution in [0.3, 0.4) is 0 Å². The molecule has 0 bridgehead atoms. The van der Waals surface area contributed by atoms with Gasteiger partial charge in [0.05, 0.1) is 22.6 Å². The third-order valence-corrected chi connectivity index (χ3v) is 5.46. The fourth-order valence-corrected chi connectivity index (χ4v) is 4.04. The number of methoxy groups -OCH3 is 1. The first-order valence-electron chi connectivity index (χ1n) is 8.66. The van der Waals surface area contributed by atoms with Crippen LogP contribution in [0.2, 0.25) is 0 Å². The first kappa shape index (κ1) is 20.4. The Hall–Kier alpha value is -3.33. The highest BCUT2D eigenvalue weighted by Gasteiger charge is 2.34. The van der Waals surface area contributed by atoms with Gasteiger partial charge in [0.2, 0.25) is 0 Å². The van der Waals surface area contributed by atoms with Crippen LogP contribution in [0.5, 0.6) is 5.75 Å². The third kappa shape index (κ3) is 3.68. The van der Waals surface area contributed by atoms with Crippen molar-refractivity contribution < 1.29 is 19.2 Å². The second-order valence-electron chi connectivity index (χ2n) is 6.36. The van der Waals surface area contributed by atoms with Crippen molar-refractivity contribution in [2.45, 2.75) is 13.8 Å². The molecule has 1 saturated heterocycles. The van der Waals surface area contributed by atoms with Crippen molar-refractivity contribution in [3.63, 3.8) is 0 Å². The number of nitro benzene ring substituents is 1. The molecular weight excluding hydrogens is 394 g/mol. The van der Waals surface area contributed by atoms with Gasteiger partial charge in [0, 0.05) is 30.1 Å². The maximum Gasteiger partial charge on any atom is 0.293 e. The van der Waals surface area contributed by atoms with Gasteiger partial charge in [0.15, 0.2) is 0 Å². The van der Waals surface area contributed by atoms with Crippen molar-refractivity contribution in [2.24, 2.45) is 0 Å². The van der Waals surface area contributed by atoms with E-state index in [1.165, 1.54) is 25.3 Å². The quantitative estimate of drug-likeness (QED) is 0.304. The normalized spacial score (nSPS) is 15.3. The number of aryl methyl sites for hydroxylation is 1. The Labute approximate surface area is 171 Å². The summed E-state index contributed by atoms with van der Waals surface area (Å²) in [5.74, 6) is 0.118. The number of thioether (sulfide) groups is 1. The molecule has 0 radical (unpaired) electrons. The van der Waals surface area contributed by atoms with E-state index in [4.69, 9.17) is 4.74 Å². The Morgan fingerprint density at radius 2 is 2.00 bits per heavy atom. The number of amides is 2. The zero-order valence-electron chi connectivity index (χ0n) is 16.2. The minimum absolute atomic E-state index is 0.0552. The number of hydrogen-bond donors (Lipinski definition) is 0. The van der Waals surface area contributed by atoms with Gasteiger partial charge in [-0.25, -0.2) is 0 Å². The number of hydrogen-bond acceptors (Lipinski definition) is 6. The fourth-order valence-electron chi connectivity index (χ4n) is 3.20. The van der Waals surface area contributed by atoms with E-state index in [2.05, 4.69) is 6.58 Å². The molecule has 150 valence electrons. The number of rotatable bonds is 6. The summed E-state index contributed by atoms with van der Waals surface area (Å²) in [6.07, 6.45) is 3.16. The van der Waals surface area contributed by atoms with Crippen LogP contribution < -0.4 is 4.74 Å². The molecule has 0 saturated carbocycles. The lowest BCUT2D eigenvalue weighted by Gasteiger charge is -2.13. The fraction of sp³-hybridized carbons (Fsp3) is 0.200. The maximum atomic E-state index is 12.5. The Morgan fingerprint density at radius 1 is 1.28 bits per heavy atom. The minimum Gasteiger partial charge on any atom is -0.495 e. The van der Waals surface area contributed by atoms with Crippen molar-refractivity contribution >= 4 is 34.7 Å². The van der Waals surface area contributed by atoms with Crippen molar-refractivity contribution in [1.29, 1.82) is 0 Å². The van der Waals surface area contributed by atoms with Crippen molar-refractivity contribution in [3.8, 4) is 11.4 Å². The molecule has 29 heavy (non-hydrogen) atoms. The maximum absolute atomic E-state index is 12.5. The molecule has 1 fully saturated rings. The molecule has 0 spiro atoms. The Morgan fingerprint density at radius 3 is 2.62 bits per heavy atom. The largest absolute Gasteiger partial charge is 0.495 e. The van der Waals surface area contributed by atoms with E-state index < -0.39 is 4.92 Å². The third-order valence-electron chi connectivity index (χ3n) is 4.56. The van der Waals surface area contributed by atoms with Crippen LogP contribution in [0.1, 0.15) is 17.0 Å². The van der Waals surface area contributed by atoms with Crippen molar-refractivity contribution in [1.82, 2.24) is 9.47 Å². The average Bonchev–Trinajstić information content (AvgIpc) is 3.11. The second-order valence-corrected chi connectivity index (χ2v) is 7.35. The lowest BCUT2D eigenvalue weighted by Crippen LogP contribution is -2.27. The summed E-state index contributed by atoms with van der Waals surface area (Å²) in [4.78, 5) is 36.7. The van der Waals surface area contributed by atoms with Crippen molar-refractivity contribution in [3.05, 3.63) is 68.9 Å². The lowest BCUT2D eigenvalue weighted by atomic mass is 10.2. The van der Waals surface area contributed by atoms with Gasteiger partial charge in [-0.3, -0.25) is 24.6 Å². The number of nitro groups is 1. The van der Waals surface area contributed by atoms with Gasteiger partial charge in [-0.15, -0.1) is 6.58 Å². The first-order chi connectivity index (χ1) is 13.8. The highest BCUT2D eigenvalue weighted by atomic mass is 32.2. The van der Waals surface area contributed by atoms with Gasteiger partial charge in [0.25, 0.3) is 16.8 Å². The predicted molar refractivity (Wildman–Crippen MR) is 111 cm³/mol. The van der Waals surface area contributed by atoms with E-state index in [-0.39, 0.29) is 23.4 Å². The summed E-state index contributed by atoms with van der Waals surface area (Å²) >= 11 is 0.878. The SMILES string of the molecule is C=CCN1C(=O)S/C(=C/c2cc(C)n(-c3cc([N+](=O)[O-])ccc3OC)c2C)C1=O. The molecule has 8 nitrogen and oxygen atoms in total. The van der Waals surface area contributed by atoms with Crippen LogP contribution in [0.25, 0.3) is 11.8 Å². The number of imide groups is 1. The van der Waals surface area contributed by atoms with E-state index in [0.717, 1.165) is 33.6 Å². The van der Waals surface area contributed by atoms with E-state index >= 15 is 0 Å². The van der Waals surface area contributed by atoms with Crippen LogP contribution in [-0.2, 0) is 4.79 Å². The molecule has 1 aliphatic rings. The monoisotopic (exact) mass is 413 g/mol. The van der Waals surface area contributed by atoms with Crippen LogP contribution in [-0.4, -0.2) is 39.2 Å². The molecule has 2 aromatic rings. The number of carbonyl (C=O) groups excluding carboxylic acids is 2. The summed E-state index contributed by atoms with van der Waals surface area (Å²) in [6.45, 7) is 7.41. The van der Waals surface area contributed by atoms with E-state index in [1.54, 1.807) is 12.1 Å². The minimum atomic E-state index is -0.465. The zero-order valence-corrected chi connectivity index (χ0v) is 17.0. The Kier molecular flexibility index (Phi) is 5.60. The standard InChI is InChI=1S/C20H19N3O5S/c1-5-8-21-19(24)18(29-20(21)25)10-14-9-12(2)22(13(14)3)16-11-15(23(26)27)6-7-17(16)28-4/h5-7,9-11H,1,8H2,2-4H3/b18-10+. The van der Waals surface area contributed by atoms with Crippen LogP contribution in [0, 0.1) is 24.0 Å². The number of carbonyl (C=O) groups is 2. The highest BCUT2D eigenvalue weighted by molar-refractivity contribution is 8.18. The van der Waals surface area contributed by atoms with Crippen LogP contribution >= 0.6 is 11.8 Å². The molecular formula is C20H19N3O5S. The zero-order chi connectivity index (χ0) is 21.3.